The van der Waals surface area contributed by atoms with Gasteiger partial charge in [0, 0.05) is 16.8 Å². The number of anilines is 1. The number of aromatic nitrogens is 1. The van der Waals surface area contributed by atoms with Crippen LogP contribution in [0.1, 0.15) is 26.3 Å². The number of primary amides is 1. The molecule has 0 saturated heterocycles. The fraction of sp³-hybridized carbons (Fsp3) is 0.0385. The van der Waals surface area contributed by atoms with Gasteiger partial charge < -0.3 is 21.1 Å². The first-order chi connectivity index (χ1) is 15.8. The second-order valence-electron chi connectivity index (χ2n) is 7.55. The standard InChI is InChI=1S/C26H21N3O4/c1-3-23(30)28-21-9-5-8-17(14(21)2)18-10-11-19(25(27)31)24-20(18)13-22(29-24)15-6-4-7-16(12-15)26(32)33/h3-13,29H,1H2,2H3,(H2,27,31)(H,28,30)(H,32,33). The summed E-state index contributed by atoms with van der Waals surface area (Å²) in [5.74, 6) is -1.92. The fourth-order valence-corrected chi connectivity index (χ4v) is 3.88. The lowest BCUT2D eigenvalue weighted by molar-refractivity contribution is -0.111. The first kappa shape index (κ1) is 21.6. The topological polar surface area (TPSA) is 125 Å². The van der Waals surface area contributed by atoms with Crippen molar-refractivity contribution in [1.29, 1.82) is 0 Å². The van der Waals surface area contributed by atoms with Crippen molar-refractivity contribution in [2.24, 2.45) is 5.73 Å². The molecule has 0 fully saturated rings. The molecule has 0 aliphatic carbocycles. The minimum atomic E-state index is -1.03. The summed E-state index contributed by atoms with van der Waals surface area (Å²) in [6, 6.07) is 17.4. The lowest BCUT2D eigenvalue weighted by Gasteiger charge is -2.13. The van der Waals surface area contributed by atoms with Gasteiger partial charge in [-0.05, 0) is 65.6 Å². The quantitative estimate of drug-likeness (QED) is 0.324. The van der Waals surface area contributed by atoms with E-state index in [4.69, 9.17) is 5.73 Å². The number of carboxylic acid groups (broad SMARTS) is 1. The number of fused-ring (bicyclic) bond motifs is 1. The van der Waals surface area contributed by atoms with Gasteiger partial charge in [0.2, 0.25) is 5.91 Å². The lowest BCUT2D eigenvalue weighted by atomic mass is 9.94. The molecule has 164 valence electrons. The van der Waals surface area contributed by atoms with Crippen LogP contribution >= 0.6 is 0 Å². The molecule has 3 aromatic carbocycles. The maximum absolute atomic E-state index is 12.1. The highest BCUT2D eigenvalue weighted by molar-refractivity contribution is 6.11. The normalized spacial score (nSPS) is 10.7. The van der Waals surface area contributed by atoms with Crippen molar-refractivity contribution in [3.8, 4) is 22.4 Å². The zero-order valence-corrected chi connectivity index (χ0v) is 17.8. The summed E-state index contributed by atoms with van der Waals surface area (Å²) in [4.78, 5) is 38.6. The smallest absolute Gasteiger partial charge is 0.335 e. The van der Waals surface area contributed by atoms with E-state index in [0.717, 1.165) is 22.1 Å². The van der Waals surface area contributed by atoms with E-state index in [1.165, 1.54) is 12.1 Å². The average molecular weight is 439 g/mol. The zero-order chi connectivity index (χ0) is 23.7. The Kier molecular flexibility index (Phi) is 5.54. The van der Waals surface area contributed by atoms with Crippen molar-refractivity contribution in [2.45, 2.75) is 6.92 Å². The first-order valence-electron chi connectivity index (χ1n) is 10.1. The molecule has 0 aliphatic heterocycles. The minimum absolute atomic E-state index is 0.156. The molecule has 2 amide bonds. The van der Waals surface area contributed by atoms with E-state index < -0.39 is 11.9 Å². The Morgan fingerprint density at radius 1 is 1.03 bits per heavy atom. The molecule has 0 unspecified atom stereocenters. The van der Waals surface area contributed by atoms with Crippen molar-refractivity contribution in [1.82, 2.24) is 4.98 Å². The van der Waals surface area contributed by atoms with Crippen LogP contribution in [0.4, 0.5) is 5.69 Å². The van der Waals surface area contributed by atoms with Gasteiger partial charge >= 0.3 is 5.97 Å². The number of H-pyrrole nitrogens is 1. The summed E-state index contributed by atoms with van der Waals surface area (Å²) in [5.41, 5.74) is 11.1. The van der Waals surface area contributed by atoms with Crippen molar-refractivity contribution < 1.29 is 19.5 Å². The number of nitrogens with two attached hydrogens (primary N) is 1. The molecule has 4 rings (SSSR count). The minimum Gasteiger partial charge on any atom is -0.478 e. The summed E-state index contributed by atoms with van der Waals surface area (Å²) in [5, 5.41) is 12.9. The summed E-state index contributed by atoms with van der Waals surface area (Å²) in [7, 11) is 0. The molecule has 1 heterocycles. The van der Waals surface area contributed by atoms with E-state index in [1.54, 1.807) is 30.3 Å². The highest BCUT2D eigenvalue weighted by Gasteiger charge is 2.18. The Morgan fingerprint density at radius 2 is 1.79 bits per heavy atom. The van der Waals surface area contributed by atoms with Crippen LogP contribution in [-0.2, 0) is 4.79 Å². The molecule has 5 N–H and O–H groups in total. The van der Waals surface area contributed by atoms with E-state index in [2.05, 4.69) is 16.9 Å². The summed E-state index contributed by atoms with van der Waals surface area (Å²) in [6.07, 6.45) is 1.20. The number of hydrogen-bond acceptors (Lipinski definition) is 3. The van der Waals surface area contributed by atoms with Crippen LogP contribution in [0.25, 0.3) is 33.3 Å². The molecule has 0 bridgehead atoms. The molecule has 0 saturated carbocycles. The third kappa shape index (κ3) is 3.99. The number of nitrogens with one attached hydrogen (secondary N) is 2. The predicted octanol–water partition coefficient (Wildman–Crippen LogP) is 4.73. The molecule has 0 spiro atoms. The van der Waals surface area contributed by atoms with Gasteiger partial charge in [-0.15, -0.1) is 0 Å². The monoisotopic (exact) mass is 439 g/mol. The van der Waals surface area contributed by atoms with E-state index in [1.807, 2.05) is 31.2 Å². The van der Waals surface area contributed by atoms with Crippen molar-refractivity contribution in [2.75, 3.05) is 5.32 Å². The fourth-order valence-electron chi connectivity index (χ4n) is 3.88. The summed E-state index contributed by atoms with van der Waals surface area (Å²) < 4.78 is 0. The van der Waals surface area contributed by atoms with Crippen LogP contribution in [0.3, 0.4) is 0 Å². The molecule has 0 atom stereocenters. The van der Waals surface area contributed by atoms with Gasteiger partial charge in [-0.3, -0.25) is 9.59 Å². The number of carbonyl (C=O) groups is 3. The van der Waals surface area contributed by atoms with E-state index in [0.29, 0.717) is 28.0 Å². The molecule has 33 heavy (non-hydrogen) atoms. The Balaban J connectivity index is 1.94. The van der Waals surface area contributed by atoms with E-state index >= 15 is 0 Å². The number of carboxylic acids is 1. The molecule has 0 aliphatic rings. The Hall–Kier alpha value is -4.65. The van der Waals surface area contributed by atoms with Crippen LogP contribution in [0.15, 0.2) is 73.3 Å². The Morgan fingerprint density at radius 3 is 2.48 bits per heavy atom. The second kappa shape index (κ2) is 8.47. The third-order valence-corrected chi connectivity index (χ3v) is 5.55. The Labute approximate surface area is 189 Å². The molecule has 7 nitrogen and oxygen atoms in total. The van der Waals surface area contributed by atoms with Gasteiger partial charge in [-0.1, -0.05) is 36.9 Å². The number of aromatic carboxylic acids is 1. The van der Waals surface area contributed by atoms with E-state index in [-0.39, 0.29) is 11.5 Å². The van der Waals surface area contributed by atoms with Gasteiger partial charge in [0.15, 0.2) is 0 Å². The number of benzene rings is 3. The molecule has 7 heteroatoms. The molecule has 4 aromatic rings. The van der Waals surface area contributed by atoms with Gasteiger partial charge in [-0.2, -0.15) is 0 Å². The summed E-state index contributed by atoms with van der Waals surface area (Å²) >= 11 is 0. The van der Waals surface area contributed by atoms with Crippen LogP contribution in [0.5, 0.6) is 0 Å². The number of carbonyl (C=O) groups excluding carboxylic acids is 2. The van der Waals surface area contributed by atoms with Gasteiger partial charge in [-0.25, -0.2) is 4.79 Å². The van der Waals surface area contributed by atoms with Crippen LogP contribution in [-0.4, -0.2) is 27.9 Å². The van der Waals surface area contributed by atoms with Crippen LogP contribution in [0.2, 0.25) is 0 Å². The number of amides is 2. The maximum atomic E-state index is 12.1. The zero-order valence-electron chi connectivity index (χ0n) is 17.8. The largest absolute Gasteiger partial charge is 0.478 e. The predicted molar refractivity (Wildman–Crippen MR) is 128 cm³/mol. The maximum Gasteiger partial charge on any atom is 0.335 e. The van der Waals surface area contributed by atoms with Crippen LogP contribution < -0.4 is 11.1 Å². The first-order valence-corrected chi connectivity index (χ1v) is 10.1. The van der Waals surface area contributed by atoms with Crippen molar-refractivity contribution in [3.63, 3.8) is 0 Å². The number of rotatable bonds is 6. The molecular weight excluding hydrogens is 418 g/mol. The number of aromatic amines is 1. The Bertz CT molecular complexity index is 1450. The molecular formula is C26H21N3O4. The van der Waals surface area contributed by atoms with Gasteiger partial charge in [0.1, 0.15) is 0 Å². The van der Waals surface area contributed by atoms with Crippen molar-refractivity contribution in [3.05, 3.63) is 90.0 Å². The average Bonchev–Trinajstić information content (AvgIpc) is 3.25. The highest BCUT2D eigenvalue weighted by Crippen LogP contribution is 2.37. The van der Waals surface area contributed by atoms with Gasteiger partial charge in [0.05, 0.1) is 16.6 Å². The lowest BCUT2D eigenvalue weighted by Crippen LogP contribution is -2.11. The second-order valence-corrected chi connectivity index (χ2v) is 7.55. The third-order valence-electron chi connectivity index (χ3n) is 5.55. The molecule has 0 radical (unpaired) electrons. The van der Waals surface area contributed by atoms with Gasteiger partial charge in [0.25, 0.3) is 5.91 Å². The van der Waals surface area contributed by atoms with Crippen LogP contribution in [0, 0.1) is 6.92 Å². The molecule has 1 aromatic heterocycles. The summed E-state index contributed by atoms with van der Waals surface area (Å²) in [6.45, 7) is 5.38. The number of hydrogen-bond donors (Lipinski definition) is 4. The highest BCUT2D eigenvalue weighted by atomic mass is 16.4. The van der Waals surface area contributed by atoms with E-state index in [9.17, 15) is 19.5 Å². The SMILES string of the molecule is C=CC(=O)Nc1cccc(-c2ccc(C(N)=O)c3[nH]c(-c4cccc(C(=O)O)c4)cc23)c1C. The van der Waals surface area contributed by atoms with Crippen molar-refractivity contribution >= 4 is 34.4 Å².